The molecule has 0 saturated heterocycles. The van der Waals surface area contributed by atoms with Gasteiger partial charge in [-0.1, -0.05) is 42.5 Å². The van der Waals surface area contributed by atoms with Crippen LogP contribution in [0.15, 0.2) is 72.8 Å². The first-order valence-electron chi connectivity index (χ1n) is 8.00. The maximum absolute atomic E-state index is 12.4. The van der Waals surface area contributed by atoms with Crippen molar-refractivity contribution in [2.75, 3.05) is 16.8 Å². The quantitative estimate of drug-likeness (QED) is 0.794. The number of fused-ring (bicyclic) bond motifs is 1. The fourth-order valence-electron chi connectivity index (χ4n) is 2.99. The van der Waals surface area contributed by atoms with E-state index in [0.717, 1.165) is 24.5 Å². The number of hydrogen-bond donors (Lipinski definition) is 1. The first-order valence-corrected chi connectivity index (χ1v) is 8.00. The maximum Gasteiger partial charge on any atom is 0.274 e. The molecule has 1 N–H and O–H groups in total. The number of benzene rings is 2. The predicted octanol–water partition coefficient (Wildman–Crippen LogP) is 4.03. The second-order valence-electron chi connectivity index (χ2n) is 5.73. The molecule has 2 aromatic carbocycles. The molecular formula is C20H17N3O. The summed E-state index contributed by atoms with van der Waals surface area (Å²) >= 11 is 0. The van der Waals surface area contributed by atoms with Crippen molar-refractivity contribution in [1.29, 1.82) is 0 Å². The maximum atomic E-state index is 12.4. The van der Waals surface area contributed by atoms with Gasteiger partial charge in [0.2, 0.25) is 0 Å². The third kappa shape index (κ3) is 2.74. The number of carbonyl (C=O) groups excluding carboxylic acids is 1. The Morgan fingerprint density at radius 3 is 2.58 bits per heavy atom. The van der Waals surface area contributed by atoms with E-state index in [9.17, 15) is 4.79 Å². The Kier molecular flexibility index (Phi) is 3.71. The van der Waals surface area contributed by atoms with E-state index in [1.165, 1.54) is 11.3 Å². The third-order valence-corrected chi connectivity index (χ3v) is 4.16. The average molecular weight is 315 g/mol. The summed E-state index contributed by atoms with van der Waals surface area (Å²) in [4.78, 5) is 19.2. The van der Waals surface area contributed by atoms with Gasteiger partial charge in [0.25, 0.3) is 5.91 Å². The van der Waals surface area contributed by atoms with Crippen molar-refractivity contribution in [1.82, 2.24) is 4.98 Å². The Labute approximate surface area is 140 Å². The molecule has 0 saturated carbocycles. The molecule has 4 nitrogen and oxygen atoms in total. The summed E-state index contributed by atoms with van der Waals surface area (Å²) in [6.45, 7) is 0.885. The molecule has 0 atom stereocenters. The van der Waals surface area contributed by atoms with E-state index < -0.39 is 0 Å². The molecule has 4 heteroatoms. The van der Waals surface area contributed by atoms with Gasteiger partial charge in [-0.25, -0.2) is 4.98 Å². The minimum atomic E-state index is -0.199. The second kappa shape index (κ2) is 6.16. The van der Waals surface area contributed by atoms with E-state index >= 15 is 0 Å². The van der Waals surface area contributed by atoms with Crippen molar-refractivity contribution < 1.29 is 4.79 Å². The van der Waals surface area contributed by atoms with Crippen LogP contribution in [0, 0.1) is 0 Å². The number of pyridine rings is 1. The van der Waals surface area contributed by atoms with Crippen molar-refractivity contribution in [2.45, 2.75) is 6.42 Å². The number of rotatable bonds is 3. The Morgan fingerprint density at radius 2 is 1.71 bits per heavy atom. The lowest BCUT2D eigenvalue weighted by Crippen LogP contribution is -2.18. The summed E-state index contributed by atoms with van der Waals surface area (Å²) in [6, 6.07) is 23.3. The lowest BCUT2D eigenvalue weighted by molar-refractivity contribution is 0.102. The van der Waals surface area contributed by atoms with Crippen molar-refractivity contribution in [2.24, 2.45) is 0 Å². The summed E-state index contributed by atoms with van der Waals surface area (Å²) in [5, 5.41) is 2.88. The fourth-order valence-corrected chi connectivity index (χ4v) is 2.99. The van der Waals surface area contributed by atoms with Crippen LogP contribution in [0.5, 0.6) is 0 Å². The fraction of sp³-hybridized carbons (Fsp3) is 0.100. The van der Waals surface area contributed by atoms with Gasteiger partial charge in [-0.05, 0) is 42.3 Å². The van der Waals surface area contributed by atoms with Crippen LogP contribution >= 0.6 is 0 Å². The van der Waals surface area contributed by atoms with Crippen LogP contribution in [0.2, 0.25) is 0 Å². The second-order valence-corrected chi connectivity index (χ2v) is 5.73. The number of hydrogen-bond acceptors (Lipinski definition) is 3. The number of carbonyl (C=O) groups is 1. The molecule has 0 spiro atoms. The largest absolute Gasteiger partial charge is 0.326 e. The zero-order valence-corrected chi connectivity index (χ0v) is 13.1. The van der Waals surface area contributed by atoms with Gasteiger partial charge in [0.1, 0.15) is 11.5 Å². The molecule has 2 heterocycles. The lowest BCUT2D eigenvalue weighted by atomic mass is 10.2. The summed E-state index contributed by atoms with van der Waals surface area (Å²) in [5.41, 5.74) is 3.67. The van der Waals surface area contributed by atoms with Crippen molar-refractivity contribution in [3.8, 4) is 0 Å². The van der Waals surface area contributed by atoms with Gasteiger partial charge in [-0.15, -0.1) is 0 Å². The number of para-hydroxylation sites is 2. The molecular weight excluding hydrogens is 298 g/mol. The first kappa shape index (κ1) is 14.5. The molecule has 1 aliphatic heterocycles. The third-order valence-electron chi connectivity index (χ3n) is 4.16. The normalized spacial score (nSPS) is 12.8. The molecule has 1 aromatic heterocycles. The van der Waals surface area contributed by atoms with Gasteiger partial charge < -0.3 is 10.2 Å². The molecule has 4 rings (SSSR count). The molecule has 24 heavy (non-hydrogen) atoms. The van der Waals surface area contributed by atoms with Gasteiger partial charge in [0, 0.05) is 17.9 Å². The lowest BCUT2D eigenvalue weighted by Gasteiger charge is -2.18. The predicted molar refractivity (Wildman–Crippen MR) is 95.8 cm³/mol. The van der Waals surface area contributed by atoms with Crippen molar-refractivity contribution in [3.05, 3.63) is 84.1 Å². The molecule has 118 valence electrons. The molecule has 3 aromatic rings. The molecule has 1 aliphatic rings. The number of anilines is 3. The van der Waals surface area contributed by atoms with Gasteiger partial charge in [-0.2, -0.15) is 0 Å². The summed E-state index contributed by atoms with van der Waals surface area (Å²) in [5.74, 6) is 0.608. The Balaban J connectivity index is 1.59. The van der Waals surface area contributed by atoms with Crippen LogP contribution in [0.1, 0.15) is 16.1 Å². The minimum absolute atomic E-state index is 0.199. The molecule has 0 fully saturated rings. The van der Waals surface area contributed by atoms with E-state index in [0.29, 0.717) is 5.69 Å². The van der Waals surface area contributed by atoms with E-state index in [1.54, 1.807) is 6.07 Å². The Hall–Kier alpha value is -3.14. The molecule has 0 unspecified atom stereocenters. The van der Waals surface area contributed by atoms with Crippen molar-refractivity contribution in [3.63, 3.8) is 0 Å². The zero-order valence-electron chi connectivity index (χ0n) is 13.1. The van der Waals surface area contributed by atoms with E-state index in [2.05, 4.69) is 33.4 Å². The summed E-state index contributed by atoms with van der Waals surface area (Å²) in [6.07, 6.45) is 0.998. The highest BCUT2D eigenvalue weighted by molar-refractivity contribution is 6.03. The van der Waals surface area contributed by atoms with Gasteiger partial charge >= 0.3 is 0 Å². The molecule has 0 aliphatic carbocycles. The SMILES string of the molecule is O=C(Nc1ccccc1)c1cccc(N2CCc3ccccc32)n1. The Morgan fingerprint density at radius 1 is 0.917 bits per heavy atom. The van der Waals surface area contributed by atoms with Gasteiger partial charge in [0.15, 0.2) is 0 Å². The summed E-state index contributed by atoms with van der Waals surface area (Å²) < 4.78 is 0. The highest BCUT2D eigenvalue weighted by Gasteiger charge is 2.21. The number of nitrogens with one attached hydrogen (secondary N) is 1. The van der Waals surface area contributed by atoms with Crippen LogP contribution in [0.3, 0.4) is 0 Å². The van der Waals surface area contributed by atoms with Gasteiger partial charge in [-0.3, -0.25) is 4.79 Å². The average Bonchev–Trinajstić information content (AvgIpc) is 3.07. The smallest absolute Gasteiger partial charge is 0.274 e. The zero-order chi connectivity index (χ0) is 16.4. The van der Waals surface area contributed by atoms with Crippen LogP contribution in [0.4, 0.5) is 17.2 Å². The van der Waals surface area contributed by atoms with Crippen LogP contribution < -0.4 is 10.2 Å². The standard InChI is InChI=1S/C20H17N3O/c24-20(21-16-8-2-1-3-9-16)17-10-6-12-19(22-17)23-14-13-15-7-4-5-11-18(15)23/h1-12H,13-14H2,(H,21,24). The van der Waals surface area contributed by atoms with Crippen LogP contribution in [-0.2, 0) is 6.42 Å². The number of nitrogens with zero attached hydrogens (tertiary/aromatic N) is 2. The highest BCUT2D eigenvalue weighted by atomic mass is 16.1. The summed E-state index contributed by atoms with van der Waals surface area (Å²) in [7, 11) is 0. The van der Waals surface area contributed by atoms with Gasteiger partial charge in [0.05, 0.1) is 0 Å². The number of amides is 1. The molecule has 1 amide bonds. The highest BCUT2D eigenvalue weighted by Crippen LogP contribution is 2.33. The van der Waals surface area contributed by atoms with Crippen LogP contribution in [0.25, 0.3) is 0 Å². The molecule has 0 radical (unpaired) electrons. The van der Waals surface area contributed by atoms with E-state index in [4.69, 9.17) is 0 Å². The first-order chi connectivity index (χ1) is 11.8. The Bertz CT molecular complexity index is 877. The topological polar surface area (TPSA) is 45.2 Å². The molecule has 0 bridgehead atoms. The van der Waals surface area contributed by atoms with Crippen LogP contribution in [-0.4, -0.2) is 17.4 Å². The van der Waals surface area contributed by atoms with E-state index in [-0.39, 0.29) is 5.91 Å². The number of aromatic nitrogens is 1. The minimum Gasteiger partial charge on any atom is -0.326 e. The van der Waals surface area contributed by atoms with E-state index in [1.807, 2.05) is 48.5 Å². The van der Waals surface area contributed by atoms with Crippen molar-refractivity contribution >= 4 is 23.1 Å². The monoisotopic (exact) mass is 315 g/mol.